The molecule has 1 saturated heterocycles. The van der Waals surface area contributed by atoms with Crippen LogP contribution in [0, 0.1) is 0 Å². The summed E-state index contributed by atoms with van der Waals surface area (Å²) in [5, 5.41) is 0. The zero-order chi connectivity index (χ0) is 15.0. The van der Waals surface area contributed by atoms with Crippen LogP contribution >= 0.6 is 0 Å². The first-order valence-corrected chi connectivity index (χ1v) is 9.13. The van der Waals surface area contributed by atoms with E-state index in [1.165, 1.54) is 12.3 Å². The Kier molecular flexibility index (Phi) is 3.75. The molecule has 2 heterocycles. The summed E-state index contributed by atoms with van der Waals surface area (Å²) in [5.41, 5.74) is 1.46. The number of nitrogens with zero attached hydrogens (tertiary/aromatic N) is 1. The van der Waals surface area contributed by atoms with E-state index < -0.39 is 25.4 Å². The smallest absolute Gasteiger partial charge is 0.244 e. The van der Waals surface area contributed by atoms with Gasteiger partial charge in [0.2, 0.25) is 10.0 Å². The molecule has 0 spiro atoms. The lowest BCUT2D eigenvalue weighted by atomic mass is 10.0. The molecule has 8 nitrogen and oxygen atoms in total. The Morgan fingerprint density at radius 1 is 1.45 bits per heavy atom. The van der Waals surface area contributed by atoms with Gasteiger partial charge in [0.15, 0.2) is 9.84 Å². The molecule has 20 heavy (non-hydrogen) atoms. The molecule has 1 atom stereocenters. The van der Waals surface area contributed by atoms with Crippen LogP contribution in [-0.4, -0.2) is 38.9 Å². The van der Waals surface area contributed by atoms with E-state index in [0.29, 0.717) is 0 Å². The first-order valence-electron chi connectivity index (χ1n) is 5.83. The van der Waals surface area contributed by atoms with Crippen LogP contribution < -0.4 is 16.0 Å². The van der Waals surface area contributed by atoms with Gasteiger partial charge in [0.05, 0.1) is 17.2 Å². The normalized spacial score (nSPS) is 25.5. The summed E-state index contributed by atoms with van der Waals surface area (Å²) in [7, 11) is -7.12. The first kappa shape index (κ1) is 15.2. The van der Waals surface area contributed by atoms with Gasteiger partial charge in [-0.1, -0.05) is 0 Å². The molecule has 10 heteroatoms. The number of hydrogen-bond donors (Lipinski definition) is 3. The molecular weight excluding hydrogens is 304 g/mol. The maximum atomic E-state index is 12.3. The molecule has 0 radical (unpaired) electrons. The fourth-order valence-corrected chi connectivity index (χ4v) is 5.92. The summed E-state index contributed by atoms with van der Waals surface area (Å²) in [4.78, 5) is 3.63. The third-order valence-corrected chi connectivity index (χ3v) is 6.68. The number of hydrogen-bond acceptors (Lipinski definition) is 7. The second-order valence-electron chi connectivity index (χ2n) is 5.02. The van der Waals surface area contributed by atoms with Gasteiger partial charge < -0.3 is 5.43 Å². The van der Waals surface area contributed by atoms with Crippen LogP contribution in [0.2, 0.25) is 0 Å². The van der Waals surface area contributed by atoms with Crippen LogP contribution in [0.3, 0.4) is 0 Å². The number of nitrogens with two attached hydrogens (primary N) is 1. The molecule has 4 N–H and O–H groups in total. The minimum atomic E-state index is -3.91. The van der Waals surface area contributed by atoms with Gasteiger partial charge in [0.1, 0.15) is 4.90 Å². The van der Waals surface area contributed by atoms with Crippen molar-refractivity contribution in [2.75, 3.05) is 16.9 Å². The largest absolute Gasteiger partial charge is 0.323 e. The second kappa shape index (κ2) is 4.95. The van der Waals surface area contributed by atoms with Crippen LogP contribution in [0.25, 0.3) is 0 Å². The molecular formula is C10H16N4O4S2. The predicted molar refractivity (Wildman–Crippen MR) is 74.0 cm³/mol. The summed E-state index contributed by atoms with van der Waals surface area (Å²) in [5.74, 6) is 5.02. The Labute approximate surface area is 117 Å². The number of sulfonamides is 1. The maximum absolute atomic E-state index is 12.3. The Bertz CT molecular complexity index is 717. The highest BCUT2D eigenvalue weighted by molar-refractivity contribution is 7.92. The fraction of sp³-hybridized carbons (Fsp3) is 0.500. The second-order valence-corrected chi connectivity index (χ2v) is 8.86. The molecule has 112 valence electrons. The maximum Gasteiger partial charge on any atom is 0.244 e. The van der Waals surface area contributed by atoms with Crippen LogP contribution in [0.1, 0.15) is 13.3 Å². The van der Waals surface area contributed by atoms with Crippen molar-refractivity contribution < 1.29 is 16.8 Å². The number of nitrogen functional groups attached to an aromatic ring is 1. The van der Waals surface area contributed by atoms with Gasteiger partial charge in [-0.05, 0) is 19.4 Å². The van der Waals surface area contributed by atoms with Gasteiger partial charge in [0, 0.05) is 17.9 Å². The third kappa shape index (κ3) is 3.08. The number of pyridine rings is 1. The van der Waals surface area contributed by atoms with Crippen molar-refractivity contribution in [3.05, 3.63) is 18.5 Å². The molecule has 0 amide bonds. The molecule has 1 aliphatic rings. The molecule has 0 bridgehead atoms. The topological polar surface area (TPSA) is 131 Å². The van der Waals surface area contributed by atoms with Gasteiger partial charge in [-0.2, -0.15) is 0 Å². The van der Waals surface area contributed by atoms with Crippen LogP contribution in [0.15, 0.2) is 23.4 Å². The highest BCUT2D eigenvalue weighted by atomic mass is 32.2. The van der Waals surface area contributed by atoms with E-state index in [0.717, 1.165) is 6.20 Å². The molecule has 1 aliphatic heterocycles. The summed E-state index contributed by atoms with van der Waals surface area (Å²) in [6.07, 6.45) is 2.79. The van der Waals surface area contributed by atoms with E-state index in [1.54, 1.807) is 6.92 Å². The van der Waals surface area contributed by atoms with Crippen molar-refractivity contribution in [1.29, 1.82) is 0 Å². The van der Waals surface area contributed by atoms with Gasteiger partial charge in [0.25, 0.3) is 0 Å². The number of nitrogens with one attached hydrogen (secondary N) is 2. The standard InChI is InChI=1S/C10H16N4O4S2/c1-10(3-5-19(15,16)7-10)14-20(17,18)9-6-12-4-2-8(9)13-11/h2,4,6,14H,3,5,7,11H2,1H3,(H,12,13). The van der Waals surface area contributed by atoms with E-state index in [2.05, 4.69) is 15.1 Å². The SMILES string of the molecule is CC1(NS(=O)(=O)c2cnccc2NN)CCS(=O)(=O)C1. The van der Waals surface area contributed by atoms with E-state index in [4.69, 9.17) is 5.84 Å². The first-order chi connectivity index (χ1) is 9.18. The van der Waals surface area contributed by atoms with E-state index >= 15 is 0 Å². The van der Waals surface area contributed by atoms with Crippen molar-refractivity contribution in [3.63, 3.8) is 0 Å². The third-order valence-electron chi connectivity index (χ3n) is 3.11. The number of anilines is 1. The highest BCUT2D eigenvalue weighted by Gasteiger charge is 2.41. The van der Waals surface area contributed by atoms with Crippen LogP contribution in [0.4, 0.5) is 5.69 Å². The molecule has 1 fully saturated rings. The summed E-state index contributed by atoms with van der Waals surface area (Å²) in [6, 6.07) is 1.42. The van der Waals surface area contributed by atoms with Crippen LogP contribution in [-0.2, 0) is 19.9 Å². The minimum absolute atomic E-state index is 0.0267. The van der Waals surface area contributed by atoms with E-state index in [9.17, 15) is 16.8 Å². The summed E-state index contributed by atoms with van der Waals surface area (Å²) >= 11 is 0. The number of hydrazine groups is 1. The summed E-state index contributed by atoms with van der Waals surface area (Å²) < 4.78 is 50.1. The Morgan fingerprint density at radius 3 is 2.70 bits per heavy atom. The molecule has 0 aromatic carbocycles. The molecule has 1 aromatic rings. The highest BCUT2D eigenvalue weighted by Crippen LogP contribution is 2.27. The number of aromatic nitrogens is 1. The lowest BCUT2D eigenvalue weighted by Crippen LogP contribution is -2.46. The predicted octanol–water partition coefficient (Wildman–Crippen LogP) is -0.777. The van der Waals surface area contributed by atoms with Crippen molar-refractivity contribution in [3.8, 4) is 0 Å². The minimum Gasteiger partial charge on any atom is -0.323 e. The lowest BCUT2D eigenvalue weighted by molar-refractivity contribution is 0.462. The fourth-order valence-electron chi connectivity index (χ4n) is 2.18. The lowest BCUT2D eigenvalue weighted by Gasteiger charge is -2.24. The molecule has 0 saturated carbocycles. The summed E-state index contributed by atoms with van der Waals surface area (Å²) in [6.45, 7) is 1.57. The zero-order valence-corrected chi connectivity index (χ0v) is 12.5. The Morgan fingerprint density at radius 2 is 2.15 bits per heavy atom. The van der Waals surface area contributed by atoms with Gasteiger partial charge in [-0.3, -0.25) is 10.8 Å². The van der Waals surface area contributed by atoms with Crippen molar-refractivity contribution in [1.82, 2.24) is 9.71 Å². The van der Waals surface area contributed by atoms with E-state index in [-0.39, 0.29) is 28.5 Å². The van der Waals surface area contributed by atoms with Crippen molar-refractivity contribution in [2.45, 2.75) is 23.8 Å². The van der Waals surface area contributed by atoms with E-state index in [1.807, 2.05) is 0 Å². The monoisotopic (exact) mass is 320 g/mol. The average molecular weight is 320 g/mol. The average Bonchev–Trinajstić information content (AvgIpc) is 2.62. The zero-order valence-electron chi connectivity index (χ0n) is 10.8. The molecule has 1 unspecified atom stereocenters. The molecule has 1 aromatic heterocycles. The molecule has 2 rings (SSSR count). The van der Waals surface area contributed by atoms with Crippen LogP contribution in [0.5, 0.6) is 0 Å². The van der Waals surface area contributed by atoms with Crippen molar-refractivity contribution in [2.24, 2.45) is 5.84 Å². The Hall–Kier alpha value is -1.23. The van der Waals surface area contributed by atoms with Gasteiger partial charge in [-0.25, -0.2) is 21.6 Å². The quantitative estimate of drug-likeness (QED) is 0.490. The van der Waals surface area contributed by atoms with Gasteiger partial charge >= 0.3 is 0 Å². The van der Waals surface area contributed by atoms with Gasteiger partial charge in [-0.15, -0.1) is 0 Å². The number of rotatable bonds is 4. The number of sulfone groups is 1. The van der Waals surface area contributed by atoms with Crippen molar-refractivity contribution >= 4 is 25.5 Å². The Balaban J connectivity index is 2.33. The molecule has 0 aliphatic carbocycles.